The van der Waals surface area contributed by atoms with Gasteiger partial charge in [0.25, 0.3) is 0 Å². The summed E-state index contributed by atoms with van der Waals surface area (Å²) in [5.74, 6) is 4.57. The van der Waals surface area contributed by atoms with Gasteiger partial charge in [-0.3, -0.25) is 0 Å². The molecule has 268 valence electrons. The molecule has 0 aliphatic heterocycles. The Balaban J connectivity index is 0.924. The van der Waals surface area contributed by atoms with E-state index in [1.54, 1.807) is 33.4 Å². The second-order valence-corrected chi connectivity index (χ2v) is 18.1. The van der Waals surface area contributed by atoms with E-state index in [1.807, 2.05) is 0 Å². The fourth-order valence-corrected chi connectivity index (χ4v) is 12.9. The van der Waals surface area contributed by atoms with Crippen LogP contribution >= 0.6 is 0 Å². The van der Waals surface area contributed by atoms with Gasteiger partial charge in [0.2, 0.25) is 0 Å². The Kier molecular flexibility index (Phi) is 7.16. The van der Waals surface area contributed by atoms with E-state index in [1.165, 1.54) is 101 Å². The smallest absolute Gasteiger partial charge is 0.0498 e. The van der Waals surface area contributed by atoms with Crippen LogP contribution in [0.4, 0.5) is 0 Å². The van der Waals surface area contributed by atoms with E-state index in [2.05, 4.69) is 127 Å². The van der Waals surface area contributed by atoms with Gasteiger partial charge >= 0.3 is 0 Å². The van der Waals surface area contributed by atoms with Crippen LogP contribution in [0, 0.1) is 5.92 Å². The lowest BCUT2D eigenvalue weighted by molar-refractivity contribution is 0.340. The molecule has 1 nitrogen and oxygen atoms in total. The van der Waals surface area contributed by atoms with E-state index in [-0.39, 0.29) is 0 Å². The highest BCUT2D eigenvalue weighted by Gasteiger charge is 2.42. The summed E-state index contributed by atoms with van der Waals surface area (Å²) < 4.78 is 2.67. The average Bonchev–Trinajstić information content (AvgIpc) is 3.56. The Labute approximate surface area is 320 Å². The molecule has 8 aliphatic rings. The van der Waals surface area contributed by atoms with Crippen molar-refractivity contribution in [1.29, 1.82) is 0 Å². The zero-order valence-corrected chi connectivity index (χ0v) is 31.7. The largest absolute Gasteiger partial charge is 0.340 e. The van der Waals surface area contributed by atoms with Crippen molar-refractivity contribution in [3.05, 3.63) is 160 Å². The van der Waals surface area contributed by atoms with Crippen LogP contribution in [0.5, 0.6) is 0 Å². The minimum atomic E-state index is 0.450. The van der Waals surface area contributed by atoms with Crippen molar-refractivity contribution in [2.75, 3.05) is 0 Å². The van der Waals surface area contributed by atoms with Gasteiger partial charge in [-0.05, 0) is 179 Å². The molecule has 0 spiro atoms. The van der Waals surface area contributed by atoms with Crippen LogP contribution in [-0.2, 0) is 13.0 Å². The molecule has 3 unspecified atom stereocenters. The zero-order valence-electron chi connectivity index (χ0n) is 31.7. The highest BCUT2D eigenvalue weighted by Crippen LogP contribution is 2.59. The van der Waals surface area contributed by atoms with Gasteiger partial charge in [0.05, 0.1) is 0 Å². The summed E-state index contributed by atoms with van der Waals surface area (Å²) in [4.78, 5) is 0. The molecule has 0 amide bonds. The van der Waals surface area contributed by atoms with E-state index in [9.17, 15) is 0 Å². The monoisotopic (exact) mass is 701 g/mol. The molecular weight excluding hydrogens is 651 g/mol. The van der Waals surface area contributed by atoms with Crippen LogP contribution < -0.4 is 0 Å². The number of benzene rings is 5. The van der Waals surface area contributed by atoms with Gasteiger partial charge in [0.15, 0.2) is 0 Å². The second-order valence-electron chi connectivity index (χ2n) is 18.1. The highest BCUT2D eigenvalue weighted by atomic mass is 15.0. The molecular formula is C53H51N. The van der Waals surface area contributed by atoms with Crippen molar-refractivity contribution in [3.8, 4) is 11.1 Å². The van der Waals surface area contributed by atoms with Crippen molar-refractivity contribution >= 4 is 27.4 Å². The summed E-state index contributed by atoms with van der Waals surface area (Å²) in [7, 11) is 0. The van der Waals surface area contributed by atoms with Crippen molar-refractivity contribution in [2.24, 2.45) is 5.92 Å². The summed E-state index contributed by atoms with van der Waals surface area (Å²) in [5.41, 5.74) is 20.5. The van der Waals surface area contributed by atoms with E-state index in [0.29, 0.717) is 17.8 Å². The predicted molar refractivity (Wildman–Crippen MR) is 226 cm³/mol. The number of aromatic nitrogens is 1. The molecule has 0 N–H and O–H groups in total. The highest BCUT2D eigenvalue weighted by molar-refractivity contribution is 6.16. The lowest BCUT2D eigenvalue weighted by Crippen LogP contribution is -2.29. The minimum absolute atomic E-state index is 0.450. The number of allylic oxidation sites excluding steroid dienone is 4. The summed E-state index contributed by atoms with van der Waals surface area (Å²) >= 11 is 0. The molecule has 2 fully saturated rings. The van der Waals surface area contributed by atoms with Crippen LogP contribution in [-0.4, -0.2) is 4.57 Å². The van der Waals surface area contributed by atoms with Crippen LogP contribution in [0.1, 0.15) is 145 Å². The van der Waals surface area contributed by atoms with Gasteiger partial charge < -0.3 is 4.57 Å². The summed E-state index contributed by atoms with van der Waals surface area (Å²) in [5, 5.41) is 2.85. The quantitative estimate of drug-likeness (QED) is 0.169. The maximum atomic E-state index is 2.76. The first kappa shape index (κ1) is 31.7. The van der Waals surface area contributed by atoms with Crippen molar-refractivity contribution in [2.45, 2.75) is 113 Å². The normalized spacial score (nSPS) is 26.6. The molecule has 0 radical (unpaired) electrons. The summed E-state index contributed by atoms with van der Waals surface area (Å²) in [6.07, 6.45) is 21.4. The minimum Gasteiger partial charge on any atom is -0.340 e. The van der Waals surface area contributed by atoms with E-state index in [4.69, 9.17) is 0 Å². The number of rotatable bonds is 5. The van der Waals surface area contributed by atoms with E-state index >= 15 is 0 Å². The van der Waals surface area contributed by atoms with Gasteiger partial charge in [-0.25, -0.2) is 0 Å². The zero-order chi connectivity index (χ0) is 35.5. The van der Waals surface area contributed by atoms with Crippen molar-refractivity contribution in [3.63, 3.8) is 0 Å². The summed E-state index contributed by atoms with van der Waals surface area (Å²) in [6.45, 7) is 3.44. The molecule has 2 saturated carbocycles. The fourth-order valence-electron chi connectivity index (χ4n) is 12.9. The Bertz CT molecular complexity index is 2480. The van der Waals surface area contributed by atoms with Gasteiger partial charge in [-0.2, -0.15) is 0 Å². The fraction of sp³-hybridized carbons (Fsp3) is 0.358. The Morgan fingerprint density at radius 1 is 0.630 bits per heavy atom. The Hall–Kier alpha value is -4.62. The topological polar surface area (TPSA) is 4.93 Å². The Morgan fingerprint density at radius 3 is 2.02 bits per heavy atom. The Morgan fingerprint density at radius 2 is 1.30 bits per heavy atom. The third-order valence-corrected chi connectivity index (χ3v) is 15.5. The van der Waals surface area contributed by atoms with Crippen LogP contribution in [0.2, 0.25) is 0 Å². The van der Waals surface area contributed by atoms with Crippen LogP contribution in [0.3, 0.4) is 0 Å². The lowest BCUT2D eigenvalue weighted by atomic mass is 9.58. The van der Waals surface area contributed by atoms with E-state index in [0.717, 1.165) is 43.1 Å². The predicted octanol–water partition coefficient (Wildman–Crippen LogP) is 14.1. The number of nitrogens with zero attached hydrogens (tertiary/aromatic N) is 1. The van der Waals surface area contributed by atoms with Crippen LogP contribution in [0.25, 0.3) is 38.5 Å². The maximum absolute atomic E-state index is 2.76. The van der Waals surface area contributed by atoms with Gasteiger partial charge in [0, 0.05) is 28.4 Å². The summed E-state index contributed by atoms with van der Waals surface area (Å²) in [6, 6.07) is 37.4. The molecule has 1 heteroatoms. The molecule has 6 aromatic rings. The first-order valence-electron chi connectivity index (χ1n) is 21.5. The van der Waals surface area contributed by atoms with Crippen molar-refractivity contribution < 1.29 is 0 Å². The molecule has 14 rings (SSSR count). The molecule has 0 saturated heterocycles. The van der Waals surface area contributed by atoms with Crippen molar-refractivity contribution in [1.82, 2.24) is 4.57 Å². The molecule has 1 heterocycles. The number of para-hydroxylation sites is 1. The standard InChI is InChI=1S/C53H51N/c1-32(34-9-3-2-4-10-34)44-29-40-27-28-48-53(51(40)42-12-6-5-11-41(42)44)43-13-7-8-14-47(43)54(48)31-33-15-17-39(18-16-33)52-49-37-23-19-35(20-24-37)45(49)30-46-36-21-25-38(26-22-36)50(46)52/h2-15,17-18,27-28,30,32-33,35-38,44H,16,19-26,29,31H2,1H3. The molecule has 4 bridgehead atoms. The first-order chi connectivity index (χ1) is 26.7. The van der Waals surface area contributed by atoms with E-state index < -0.39 is 0 Å². The van der Waals surface area contributed by atoms with Gasteiger partial charge in [-0.15, -0.1) is 0 Å². The molecule has 3 atom stereocenters. The van der Waals surface area contributed by atoms with Crippen LogP contribution in [0.15, 0.2) is 115 Å². The lowest BCUT2D eigenvalue weighted by Gasteiger charge is -2.46. The molecule has 1 aromatic heterocycles. The second kappa shape index (κ2) is 12.2. The SMILES string of the molecule is CC(c1ccccc1)C1Cc2ccc3c(c2-c2ccccc21)c1ccccc1n3CC1C=CC(c2c3c(cc4c2C2CCC4CC2)C2CCC3CC2)=CC1. The third-order valence-electron chi connectivity index (χ3n) is 15.5. The molecule has 54 heavy (non-hydrogen) atoms. The third kappa shape index (κ3) is 4.63. The number of hydrogen-bond acceptors (Lipinski definition) is 0. The van der Waals surface area contributed by atoms with Gasteiger partial charge in [0.1, 0.15) is 0 Å². The first-order valence-corrected chi connectivity index (χ1v) is 21.5. The average molecular weight is 702 g/mol. The maximum Gasteiger partial charge on any atom is 0.0498 e. The molecule has 8 aliphatic carbocycles. The number of fused-ring (bicyclic) bond motifs is 11. The van der Waals surface area contributed by atoms with Gasteiger partial charge in [-0.1, -0.05) is 110 Å². The molecule has 5 aromatic carbocycles. The number of hydrogen-bond donors (Lipinski definition) is 0.